The number of ether oxygens (including phenoxy) is 1. The van der Waals surface area contributed by atoms with Crippen molar-refractivity contribution in [3.05, 3.63) is 159 Å². The highest BCUT2D eigenvalue weighted by atomic mass is 19.1. The van der Waals surface area contributed by atoms with E-state index in [9.17, 15) is 18.8 Å². The molecule has 0 atom stereocenters. The fraction of sp³-hybridized carbons (Fsp3) is 0.0938. The second-order valence-electron chi connectivity index (χ2n) is 9.07. The van der Waals surface area contributed by atoms with E-state index < -0.39 is 29.1 Å². The fourth-order valence-electron chi connectivity index (χ4n) is 4.61. The number of rotatable bonds is 9. The summed E-state index contributed by atoms with van der Waals surface area (Å²) >= 11 is 0. The second-order valence-corrected chi connectivity index (χ2v) is 9.07. The molecule has 40 heavy (non-hydrogen) atoms. The summed E-state index contributed by atoms with van der Waals surface area (Å²) in [6.45, 7) is 0.223. The van der Waals surface area contributed by atoms with Crippen molar-refractivity contribution in [3.63, 3.8) is 0 Å². The lowest BCUT2D eigenvalue weighted by atomic mass is 9.98. The number of hydrogen-bond acceptors (Lipinski definition) is 4. The van der Waals surface area contributed by atoms with Crippen LogP contribution in [0.1, 0.15) is 27.5 Å². The first-order valence-corrected chi connectivity index (χ1v) is 12.6. The van der Waals surface area contributed by atoms with E-state index in [4.69, 9.17) is 9.84 Å². The van der Waals surface area contributed by atoms with Crippen LogP contribution in [0.25, 0.3) is 10.9 Å². The zero-order valence-electron chi connectivity index (χ0n) is 21.3. The standard InChI is InChI=1S/C32H25FN2O5/c33-25-15-18-27-28(21-25)34(19-7-8-20-40-26-16-13-24(14-17-26)31(37)38)32(39)35(30(27)36)29(22-9-3-1-4-10-22)23-11-5-2-6-12-23/h1-18,21,29H,19-20H2,(H,37,38)/b8-7+. The van der Waals surface area contributed by atoms with Gasteiger partial charge in [0.05, 0.1) is 22.5 Å². The van der Waals surface area contributed by atoms with E-state index >= 15 is 0 Å². The lowest BCUT2D eigenvalue weighted by Gasteiger charge is -2.22. The van der Waals surface area contributed by atoms with Gasteiger partial charge in [-0.25, -0.2) is 18.5 Å². The average molecular weight is 537 g/mol. The number of aromatic nitrogens is 2. The third-order valence-corrected chi connectivity index (χ3v) is 6.53. The summed E-state index contributed by atoms with van der Waals surface area (Å²) in [6.07, 6.45) is 3.40. The van der Waals surface area contributed by atoms with Gasteiger partial charge in [0.1, 0.15) is 18.2 Å². The van der Waals surface area contributed by atoms with Crippen LogP contribution in [-0.2, 0) is 6.54 Å². The van der Waals surface area contributed by atoms with E-state index in [0.29, 0.717) is 5.75 Å². The number of fused-ring (bicyclic) bond motifs is 1. The molecule has 0 bridgehead atoms. The summed E-state index contributed by atoms with van der Waals surface area (Å²) < 4.78 is 22.5. The van der Waals surface area contributed by atoms with E-state index in [1.165, 1.54) is 39.5 Å². The Bertz CT molecular complexity index is 1750. The predicted octanol–water partition coefficient (Wildman–Crippen LogP) is 5.27. The Labute approximate surface area is 228 Å². The third kappa shape index (κ3) is 5.47. The van der Waals surface area contributed by atoms with E-state index in [-0.39, 0.29) is 29.6 Å². The van der Waals surface area contributed by atoms with Gasteiger partial charge in [0.15, 0.2) is 0 Å². The zero-order chi connectivity index (χ0) is 28.1. The van der Waals surface area contributed by atoms with Gasteiger partial charge >= 0.3 is 11.7 Å². The molecule has 0 unspecified atom stereocenters. The second kappa shape index (κ2) is 11.7. The van der Waals surface area contributed by atoms with Crippen molar-refractivity contribution in [2.24, 2.45) is 0 Å². The molecule has 5 rings (SSSR count). The lowest BCUT2D eigenvalue weighted by molar-refractivity contribution is 0.0697. The zero-order valence-corrected chi connectivity index (χ0v) is 21.3. The summed E-state index contributed by atoms with van der Waals surface area (Å²) in [6, 6.07) is 27.7. The minimum absolute atomic E-state index is 0.0661. The fourth-order valence-corrected chi connectivity index (χ4v) is 4.61. The van der Waals surface area contributed by atoms with Gasteiger partial charge in [-0.05, 0) is 59.7 Å². The number of halogens is 1. The largest absolute Gasteiger partial charge is 0.490 e. The molecule has 8 heteroatoms. The van der Waals surface area contributed by atoms with E-state index in [0.717, 1.165) is 11.1 Å². The normalized spacial score (nSPS) is 11.3. The highest BCUT2D eigenvalue weighted by Crippen LogP contribution is 2.25. The maximum absolute atomic E-state index is 14.3. The molecule has 200 valence electrons. The number of benzene rings is 4. The van der Waals surface area contributed by atoms with Crippen molar-refractivity contribution in [2.45, 2.75) is 12.6 Å². The molecule has 7 nitrogen and oxygen atoms in total. The van der Waals surface area contributed by atoms with Crippen molar-refractivity contribution < 1.29 is 19.0 Å². The van der Waals surface area contributed by atoms with Gasteiger partial charge in [-0.2, -0.15) is 0 Å². The number of allylic oxidation sites excluding steroid dienone is 1. The van der Waals surface area contributed by atoms with E-state index in [2.05, 4.69) is 0 Å². The van der Waals surface area contributed by atoms with Crippen LogP contribution in [0.4, 0.5) is 4.39 Å². The van der Waals surface area contributed by atoms with Crippen molar-refractivity contribution in [3.8, 4) is 5.75 Å². The Morgan fingerprint density at radius 1 is 0.850 bits per heavy atom. The highest BCUT2D eigenvalue weighted by Gasteiger charge is 2.23. The monoisotopic (exact) mass is 536 g/mol. The topological polar surface area (TPSA) is 90.5 Å². The summed E-state index contributed by atoms with van der Waals surface area (Å²) in [5.74, 6) is -1.09. The predicted molar refractivity (Wildman–Crippen MR) is 151 cm³/mol. The van der Waals surface area contributed by atoms with Crippen molar-refractivity contribution >= 4 is 16.9 Å². The molecule has 0 aliphatic carbocycles. The number of nitrogens with zero attached hydrogens (tertiary/aromatic N) is 2. The molecule has 1 N–H and O–H groups in total. The summed E-state index contributed by atoms with van der Waals surface area (Å²) in [7, 11) is 0. The van der Waals surface area contributed by atoms with Gasteiger partial charge in [0.25, 0.3) is 5.56 Å². The molecule has 0 aliphatic rings. The minimum atomic E-state index is -1.02. The maximum atomic E-state index is 14.3. The molecule has 0 radical (unpaired) electrons. The molecule has 0 aliphatic heterocycles. The lowest BCUT2D eigenvalue weighted by Crippen LogP contribution is -2.43. The number of carboxylic acid groups (broad SMARTS) is 1. The molecule has 0 saturated heterocycles. The Morgan fingerprint density at radius 3 is 2.08 bits per heavy atom. The molecule has 1 aromatic heterocycles. The van der Waals surface area contributed by atoms with Gasteiger partial charge in [-0.3, -0.25) is 9.36 Å². The Kier molecular flexibility index (Phi) is 7.68. The first-order chi connectivity index (χ1) is 19.4. The summed E-state index contributed by atoms with van der Waals surface area (Å²) in [5.41, 5.74) is 0.793. The quantitative estimate of drug-likeness (QED) is 0.259. The Morgan fingerprint density at radius 2 is 1.48 bits per heavy atom. The van der Waals surface area contributed by atoms with Crippen molar-refractivity contribution in [1.29, 1.82) is 0 Å². The van der Waals surface area contributed by atoms with Crippen LogP contribution >= 0.6 is 0 Å². The van der Waals surface area contributed by atoms with Crippen LogP contribution in [0.15, 0.2) is 125 Å². The summed E-state index contributed by atoms with van der Waals surface area (Å²) in [4.78, 5) is 38.7. The van der Waals surface area contributed by atoms with Gasteiger partial charge in [0.2, 0.25) is 0 Å². The molecular formula is C32H25FN2O5. The van der Waals surface area contributed by atoms with Gasteiger partial charge in [-0.15, -0.1) is 0 Å². The number of aromatic carboxylic acids is 1. The molecule has 4 aromatic carbocycles. The SMILES string of the molecule is O=C(O)c1ccc(OC/C=C/Cn2c(=O)n(C(c3ccccc3)c3ccccc3)c(=O)c3ccc(F)cc32)cc1. The van der Waals surface area contributed by atoms with Crippen molar-refractivity contribution in [1.82, 2.24) is 9.13 Å². The molecule has 0 saturated carbocycles. The van der Waals surface area contributed by atoms with Gasteiger partial charge in [-0.1, -0.05) is 66.7 Å². The number of carboxylic acids is 1. The molecule has 1 heterocycles. The first-order valence-electron chi connectivity index (χ1n) is 12.6. The molecule has 0 amide bonds. The summed E-state index contributed by atoms with van der Waals surface area (Å²) in [5, 5.41) is 9.24. The van der Waals surface area contributed by atoms with E-state index in [1.807, 2.05) is 60.7 Å². The van der Waals surface area contributed by atoms with Crippen LogP contribution in [0.2, 0.25) is 0 Å². The smallest absolute Gasteiger partial charge is 0.335 e. The van der Waals surface area contributed by atoms with Crippen molar-refractivity contribution in [2.75, 3.05) is 6.61 Å². The minimum Gasteiger partial charge on any atom is -0.490 e. The average Bonchev–Trinajstić information content (AvgIpc) is 2.97. The number of hydrogen-bond donors (Lipinski definition) is 1. The highest BCUT2D eigenvalue weighted by molar-refractivity contribution is 5.87. The maximum Gasteiger partial charge on any atom is 0.335 e. The third-order valence-electron chi connectivity index (χ3n) is 6.53. The van der Waals surface area contributed by atoms with Crippen LogP contribution < -0.4 is 16.0 Å². The van der Waals surface area contributed by atoms with Crippen LogP contribution in [0.3, 0.4) is 0 Å². The van der Waals surface area contributed by atoms with Gasteiger partial charge in [0, 0.05) is 6.54 Å². The van der Waals surface area contributed by atoms with Crippen LogP contribution in [0.5, 0.6) is 5.75 Å². The van der Waals surface area contributed by atoms with Crippen LogP contribution in [-0.4, -0.2) is 26.8 Å². The van der Waals surface area contributed by atoms with Crippen LogP contribution in [0, 0.1) is 5.82 Å². The molecule has 5 aromatic rings. The first kappa shape index (κ1) is 26.4. The molecule has 0 fully saturated rings. The number of carbonyl (C=O) groups is 1. The molecule has 0 spiro atoms. The van der Waals surface area contributed by atoms with Gasteiger partial charge < -0.3 is 9.84 Å². The Balaban J connectivity index is 1.53. The molecular weight excluding hydrogens is 511 g/mol. The van der Waals surface area contributed by atoms with E-state index in [1.54, 1.807) is 24.3 Å². The Hall–Kier alpha value is -5.24.